The maximum absolute atomic E-state index is 12.0. The molecule has 2 fully saturated rings. The minimum Gasteiger partial charge on any atom is -0.355 e. The van der Waals surface area contributed by atoms with Gasteiger partial charge in [0, 0.05) is 46.1 Å². The third-order valence-electron chi connectivity index (χ3n) is 4.84. The molecule has 0 aromatic rings. The second kappa shape index (κ2) is 9.01. The lowest BCUT2D eigenvalue weighted by Crippen LogP contribution is -2.44. The fraction of sp³-hybridized carbons (Fsp3) is 0.824. The maximum Gasteiger partial charge on any atom is 0.234 e. The van der Waals surface area contributed by atoms with Gasteiger partial charge in [-0.3, -0.25) is 19.3 Å². The van der Waals surface area contributed by atoms with Crippen molar-refractivity contribution in [3.05, 3.63) is 0 Å². The molecule has 136 valence electrons. The van der Waals surface area contributed by atoms with Crippen molar-refractivity contribution in [2.24, 2.45) is 5.92 Å². The number of rotatable bonds is 7. The molecule has 0 aliphatic carbocycles. The van der Waals surface area contributed by atoms with E-state index in [4.69, 9.17) is 0 Å². The van der Waals surface area contributed by atoms with E-state index in [0.29, 0.717) is 19.5 Å². The number of likely N-dealkylation sites (tertiary alicyclic amines) is 2. The Balaban J connectivity index is 1.56. The molecule has 1 N–H and O–H groups in total. The van der Waals surface area contributed by atoms with Crippen LogP contribution in [0.15, 0.2) is 0 Å². The van der Waals surface area contributed by atoms with Crippen LogP contribution in [-0.4, -0.2) is 85.8 Å². The Morgan fingerprint density at radius 3 is 2.50 bits per heavy atom. The molecule has 0 atom stereocenters. The number of amides is 3. The molecule has 0 aromatic carbocycles. The SMILES string of the molecule is CN(C)C(=O)C1CCN(CC(=O)NCCCN2CCCC2=O)CC1. The third kappa shape index (κ3) is 5.47. The van der Waals surface area contributed by atoms with E-state index in [1.165, 1.54) is 0 Å². The first-order valence-electron chi connectivity index (χ1n) is 8.95. The minimum absolute atomic E-state index is 0.0279. The van der Waals surface area contributed by atoms with Gasteiger partial charge in [0.25, 0.3) is 0 Å². The molecule has 7 heteroatoms. The van der Waals surface area contributed by atoms with Crippen LogP contribution in [0.1, 0.15) is 32.1 Å². The van der Waals surface area contributed by atoms with Crippen LogP contribution in [0.3, 0.4) is 0 Å². The van der Waals surface area contributed by atoms with E-state index in [-0.39, 0.29) is 23.6 Å². The Morgan fingerprint density at radius 1 is 1.21 bits per heavy atom. The second-order valence-corrected chi connectivity index (χ2v) is 6.97. The van der Waals surface area contributed by atoms with Gasteiger partial charge < -0.3 is 15.1 Å². The summed E-state index contributed by atoms with van der Waals surface area (Å²) in [5, 5.41) is 2.93. The molecule has 24 heavy (non-hydrogen) atoms. The molecule has 0 bridgehead atoms. The molecule has 0 unspecified atom stereocenters. The van der Waals surface area contributed by atoms with Gasteiger partial charge in [0.05, 0.1) is 6.54 Å². The fourth-order valence-corrected chi connectivity index (χ4v) is 3.40. The van der Waals surface area contributed by atoms with Gasteiger partial charge in [-0.1, -0.05) is 0 Å². The molecule has 2 aliphatic rings. The fourth-order valence-electron chi connectivity index (χ4n) is 3.40. The average molecular weight is 338 g/mol. The molecule has 2 saturated heterocycles. The van der Waals surface area contributed by atoms with E-state index >= 15 is 0 Å². The normalized spacial score (nSPS) is 19.6. The van der Waals surface area contributed by atoms with Crippen LogP contribution in [-0.2, 0) is 14.4 Å². The van der Waals surface area contributed by atoms with Crippen LogP contribution in [0, 0.1) is 5.92 Å². The van der Waals surface area contributed by atoms with Gasteiger partial charge in [0.1, 0.15) is 0 Å². The summed E-state index contributed by atoms with van der Waals surface area (Å²) in [6.07, 6.45) is 4.07. The topological polar surface area (TPSA) is 73.0 Å². The Labute approximate surface area is 144 Å². The van der Waals surface area contributed by atoms with Gasteiger partial charge in [-0.05, 0) is 38.8 Å². The molecule has 0 aromatic heterocycles. The maximum atomic E-state index is 12.0. The van der Waals surface area contributed by atoms with Crippen LogP contribution < -0.4 is 5.32 Å². The number of hydrogen-bond donors (Lipinski definition) is 1. The first-order valence-corrected chi connectivity index (χ1v) is 8.95. The molecule has 0 spiro atoms. The quantitative estimate of drug-likeness (QED) is 0.659. The van der Waals surface area contributed by atoms with Gasteiger partial charge in [-0.15, -0.1) is 0 Å². The lowest BCUT2D eigenvalue weighted by Gasteiger charge is -2.31. The molecular formula is C17H30N4O3. The van der Waals surface area contributed by atoms with Gasteiger partial charge in [0.2, 0.25) is 17.7 Å². The van der Waals surface area contributed by atoms with Crippen molar-refractivity contribution in [2.75, 3.05) is 53.4 Å². The highest BCUT2D eigenvalue weighted by atomic mass is 16.2. The monoisotopic (exact) mass is 338 g/mol. The van der Waals surface area contributed by atoms with Gasteiger partial charge in [0.15, 0.2) is 0 Å². The van der Waals surface area contributed by atoms with Crippen LogP contribution in [0.5, 0.6) is 0 Å². The average Bonchev–Trinajstić information content (AvgIpc) is 2.96. The molecule has 0 radical (unpaired) electrons. The van der Waals surface area contributed by atoms with Gasteiger partial charge in [-0.2, -0.15) is 0 Å². The smallest absolute Gasteiger partial charge is 0.234 e. The van der Waals surface area contributed by atoms with Crippen molar-refractivity contribution in [3.63, 3.8) is 0 Å². The van der Waals surface area contributed by atoms with Crippen LogP contribution in [0.25, 0.3) is 0 Å². The zero-order valence-corrected chi connectivity index (χ0v) is 14.9. The summed E-state index contributed by atoms with van der Waals surface area (Å²) in [5.74, 6) is 0.546. The number of nitrogens with one attached hydrogen (secondary N) is 1. The zero-order valence-electron chi connectivity index (χ0n) is 14.9. The van der Waals surface area contributed by atoms with E-state index < -0.39 is 0 Å². The highest BCUT2D eigenvalue weighted by molar-refractivity contribution is 5.79. The number of piperidine rings is 1. The van der Waals surface area contributed by atoms with Crippen molar-refractivity contribution in [1.82, 2.24) is 20.0 Å². The predicted molar refractivity (Wildman–Crippen MR) is 91.3 cm³/mol. The second-order valence-electron chi connectivity index (χ2n) is 6.97. The van der Waals surface area contributed by atoms with Gasteiger partial charge >= 0.3 is 0 Å². The highest BCUT2D eigenvalue weighted by Crippen LogP contribution is 2.18. The van der Waals surface area contributed by atoms with E-state index in [1.807, 2.05) is 4.90 Å². The molecule has 0 saturated carbocycles. The highest BCUT2D eigenvalue weighted by Gasteiger charge is 2.26. The third-order valence-corrected chi connectivity index (χ3v) is 4.84. The Hall–Kier alpha value is -1.63. The van der Waals surface area contributed by atoms with Crippen molar-refractivity contribution >= 4 is 17.7 Å². The molecule has 7 nitrogen and oxygen atoms in total. The summed E-state index contributed by atoms with van der Waals surface area (Å²) in [4.78, 5) is 41.0. The standard InChI is InChI=1S/C17H30N4O3/c1-19(2)17(24)14-6-11-20(12-7-14)13-15(22)18-8-4-10-21-9-3-5-16(21)23/h14H,3-13H2,1-2H3,(H,18,22). The first-order chi connectivity index (χ1) is 11.5. The van der Waals surface area contributed by atoms with E-state index in [2.05, 4.69) is 10.2 Å². The number of hydrogen-bond acceptors (Lipinski definition) is 4. The molecule has 2 aliphatic heterocycles. The van der Waals surface area contributed by atoms with Crippen molar-refractivity contribution < 1.29 is 14.4 Å². The summed E-state index contributed by atoms with van der Waals surface area (Å²) in [6.45, 7) is 4.17. The van der Waals surface area contributed by atoms with E-state index in [1.54, 1.807) is 19.0 Å². The molecule has 3 amide bonds. The summed E-state index contributed by atoms with van der Waals surface area (Å²) in [5.41, 5.74) is 0. The van der Waals surface area contributed by atoms with Crippen molar-refractivity contribution in [1.29, 1.82) is 0 Å². The Bertz CT molecular complexity index is 459. The lowest BCUT2D eigenvalue weighted by molar-refractivity contribution is -0.134. The minimum atomic E-state index is 0.0279. The Morgan fingerprint density at radius 2 is 1.92 bits per heavy atom. The summed E-state index contributed by atoms with van der Waals surface area (Å²) < 4.78 is 0. The van der Waals surface area contributed by atoms with Gasteiger partial charge in [-0.25, -0.2) is 0 Å². The first kappa shape index (κ1) is 18.7. The number of carbonyl (C=O) groups excluding carboxylic acids is 3. The van der Waals surface area contributed by atoms with Crippen molar-refractivity contribution in [2.45, 2.75) is 32.1 Å². The van der Waals surface area contributed by atoms with Crippen LogP contribution in [0.4, 0.5) is 0 Å². The summed E-state index contributed by atoms with van der Waals surface area (Å²) >= 11 is 0. The van der Waals surface area contributed by atoms with Crippen LogP contribution in [0.2, 0.25) is 0 Å². The summed E-state index contributed by atoms with van der Waals surface area (Å²) in [7, 11) is 3.58. The molecular weight excluding hydrogens is 308 g/mol. The van der Waals surface area contributed by atoms with E-state index in [0.717, 1.165) is 51.9 Å². The molecule has 2 rings (SSSR count). The Kier molecular flexibility index (Phi) is 7.02. The van der Waals surface area contributed by atoms with E-state index in [9.17, 15) is 14.4 Å². The largest absolute Gasteiger partial charge is 0.355 e. The lowest BCUT2D eigenvalue weighted by atomic mass is 9.95. The summed E-state index contributed by atoms with van der Waals surface area (Å²) in [6, 6.07) is 0. The number of nitrogens with zero attached hydrogens (tertiary/aromatic N) is 3. The van der Waals surface area contributed by atoms with Crippen molar-refractivity contribution in [3.8, 4) is 0 Å². The number of carbonyl (C=O) groups is 3. The molecule has 2 heterocycles. The zero-order chi connectivity index (χ0) is 17.5. The van der Waals surface area contributed by atoms with Crippen LogP contribution >= 0.6 is 0 Å². The predicted octanol–water partition coefficient (Wildman–Crippen LogP) is -0.0847.